The summed E-state index contributed by atoms with van der Waals surface area (Å²) in [5.41, 5.74) is 14.6. The van der Waals surface area contributed by atoms with Gasteiger partial charge in [-0.3, -0.25) is 0 Å². The van der Waals surface area contributed by atoms with Gasteiger partial charge >= 0.3 is 0 Å². The zero-order chi connectivity index (χ0) is 37.3. The molecule has 10 rings (SSSR count). The van der Waals surface area contributed by atoms with E-state index < -0.39 is 0 Å². The third kappa shape index (κ3) is 6.42. The summed E-state index contributed by atoms with van der Waals surface area (Å²) in [4.78, 5) is 15.6. The maximum absolute atomic E-state index is 5.23. The predicted octanol–water partition coefficient (Wildman–Crippen LogP) is 13.8. The molecule has 2 aromatic heterocycles. The van der Waals surface area contributed by atoms with E-state index in [4.69, 9.17) is 15.0 Å². The van der Waals surface area contributed by atoms with Gasteiger partial charge in [-0.1, -0.05) is 182 Å². The van der Waals surface area contributed by atoms with Gasteiger partial charge in [-0.15, -0.1) is 0 Å². The molecule has 2 heterocycles. The summed E-state index contributed by atoms with van der Waals surface area (Å²) in [5.74, 6) is 0.681. The maximum atomic E-state index is 5.23. The Morgan fingerprint density at radius 3 is 1.39 bits per heavy atom. The van der Waals surface area contributed by atoms with E-state index in [2.05, 4.69) is 200 Å². The summed E-state index contributed by atoms with van der Waals surface area (Å²) in [6.45, 7) is 0. The highest BCUT2D eigenvalue weighted by Crippen LogP contribution is 2.38. The lowest BCUT2D eigenvalue weighted by atomic mass is 9.94. The molecule has 262 valence electrons. The van der Waals surface area contributed by atoms with Gasteiger partial charge < -0.3 is 0 Å². The second-order valence-electron chi connectivity index (χ2n) is 14.0. The molecule has 0 aliphatic heterocycles. The van der Waals surface area contributed by atoms with Crippen LogP contribution in [0.4, 0.5) is 0 Å². The van der Waals surface area contributed by atoms with Gasteiger partial charge in [0.15, 0.2) is 5.82 Å². The molecule has 0 spiro atoms. The standard InChI is InChI=1S/C53H35N3/c1-4-14-36(15-5-1)42-21-12-23-44(32-42)51-35-50(55-53(56-51)45-24-13-22-43(33-45)37-16-6-2-7-17-37)41-28-26-40(27-29-41)49-34-47(38-18-8-3-9-19-38)52-46-25-11-10-20-39(46)30-31-48(52)54-49/h1-35H. The molecule has 0 aliphatic rings. The minimum Gasteiger partial charge on any atom is -0.248 e. The molecule has 56 heavy (non-hydrogen) atoms. The van der Waals surface area contributed by atoms with Crippen molar-refractivity contribution >= 4 is 21.7 Å². The van der Waals surface area contributed by atoms with Crippen LogP contribution in [0.5, 0.6) is 0 Å². The Hall–Kier alpha value is -7.49. The first-order valence-electron chi connectivity index (χ1n) is 18.9. The van der Waals surface area contributed by atoms with Gasteiger partial charge in [0.2, 0.25) is 0 Å². The number of pyridine rings is 1. The second-order valence-corrected chi connectivity index (χ2v) is 14.0. The number of hydrogen-bond acceptors (Lipinski definition) is 3. The Morgan fingerprint density at radius 2 is 0.750 bits per heavy atom. The lowest BCUT2D eigenvalue weighted by Gasteiger charge is -2.14. The van der Waals surface area contributed by atoms with Crippen molar-refractivity contribution in [1.82, 2.24) is 15.0 Å². The van der Waals surface area contributed by atoms with Gasteiger partial charge in [0.05, 0.1) is 22.6 Å². The van der Waals surface area contributed by atoms with Crippen molar-refractivity contribution in [3.63, 3.8) is 0 Å². The van der Waals surface area contributed by atoms with Crippen molar-refractivity contribution in [1.29, 1.82) is 0 Å². The van der Waals surface area contributed by atoms with Crippen molar-refractivity contribution in [3.8, 4) is 78.5 Å². The molecule has 0 saturated heterocycles. The average Bonchev–Trinajstić information content (AvgIpc) is 3.29. The third-order valence-corrected chi connectivity index (χ3v) is 10.5. The van der Waals surface area contributed by atoms with E-state index in [1.807, 2.05) is 12.1 Å². The highest BCUT2D eigenvalue weighted by atomic mass is 14.9. The van der Waals surface area contributed by atoms with Crippen molar-refractivity contribution in [2.45, 2.75) is 0 Å². The minimum atomic E-state index is 0.681. The second kappa shape index (κ2) is 14.4. The largest absolute Gasteiger partial charge is 0.248 e. The summed E-state index contributed by atoms with van der Waals surface area (Å²) in [7, 11) is 0. The molecule has 0 amide bonds. The summed E-state index contributed by atoms with van der Waals surface area (Å²) < 4.78 is 0. The van der Waals surface area contributed by atoms with E-state index in [0.29, 0.717) is 5.82 Å². The zero-order valence-corrected chi connectivity index (χ0v) is 30.5. The lowest BCUT2D eigenvalue weighted by molar-refractivity contribution is 1.18. The lowest BCUT2D eigenvalue weighted by Crippen LogP contribution is -1.96. The number of aromatic nitrogens is 3. The van der Waals surface area contributed by atoms with Crippen LogP contribution in [0.25, 0.3) is 100 Å². The number of benzene rings is 8. The van der Waals surface area contributed by atoms with Gasteiger partial charge in [-0.25, -0.2) is 15.0 Å². The first kappa shape index (κ1) is 33.1. The van der Waals surface area contributed by atoms with Crippen molar-refractivity contribution in [2.75, 3.05) is 0 Å². The van der Waals surface area contributed by atoms with Crippen LogP contribution in [0.2, 0.25) is 0 Å². The highest BCUT2D eigenvalue weighted by molar-refractivity contribution is 6.13. The third-order valence-electron chi connectivity index (χ3n) is 10.5. The number of fused-ring (bicyclic) bond motifs is 3. The molecule has 0 saturated carbocycles. The Labute approximate surface area is 326 Å². The van der Waals surface area contributed by atoms with Crippen LogP contribution in [-0.4, -0.2) is 15.0 Å². The molecular formula is C53H35N3. The smallest absolute Gasteiger partial charge is 0.160 e. The SMILES string of the molecule is c1ccc(-c2cccc(-c3cc(-c4ccc(-c5cc(-c6ccccc6)c6c(ccc7ccccc76)n5)cc4)nc(-c4cccc(-c5ccccc5)c4)n3)c2)cc1. The van der Waals surface area contributed by atoms with E-state index >= 15 is 0 Å². The minimum absolute atomic E-state index is 0.681. The summed E-state index contributed by atoms with van der Waals surface area (Å²) in [5, 5.41) is 3.58. The van der Waals surface area contributed by atoms with Gasteiger partial charge in [0.1, 0.15) is 0 Å². The van der Waals surface area contributed by atoms with Crippen LogP contribution in [0.1, 0.15) is 0 Å². The molecule has 0 bridgehead atoms. The van der Waals surface area contributed by atoms with Crippen molar-refractivity contribution in [2.24, 2.45) is 0 Å². The zero-order valence-electron chi connectivity index (χ0n) is 30.5. The molecule has 0 atom stereocenters. The van der Waals surface area contributed by atoms with Crippen LogP contribution < -0.4 is 0 Å². The molecule has 0 radical (unpaired) electrons. The predicted molar refractivity (Wildman–Crippen MR) is 233 cm³/mol. The Morgan fingerprint density at radius 1 is 0.268 bits per heavy atom. The van der Waals surface area contributed by atoms with E-state index in [1.165, 1.54) is 32.8 Å². The average molecular weight is 714 g/mol. The number of rotatable bonds is 7. The van der Waals surface area contributed by atoms with Crippen molar-refractivity contribution in [3.05, 3.63) is 212 Å². The fraction of sp³-hybridized carbons (Fsp3) is 0. The van der Waals surface area contributed by atoms with E-state index in [9.17, 15) is 0 Å². The fourth-order valence-corrected chi connectivity index (χ4v) is 7.64. The van der Waals surface area contributed by atoms with E-state index in [1.54, 1.807) is 0 Å². The van der Waals surface area contributed by atoms with Gasteiger partial charge in [-0.05, 0) is 74.5 Å². The Bertz CT molecular complexity index is 2890. The summed E-state index contributed by atoms with van der Waals surface area (Å²) in [6, 6.07) is 74.5. The summed E-state index contributed by atoms with van der Waals surface area (Å²) >= 11 is 0. The topological polar surface area (TPSA) is 38.7 Å². The quantitative estimate of drug-likeness (QED) is 0.154. The highest BCUT2D eigenvalue weighted by Gasteiger charge is 2.15. The molecule has 0 unspecified atom stereocenters. The van der Waals surface area contributed by atoms with Gasteiger partial charge in [-0.2, -0.15) is 0 Å². The molecule has 10 aromatic rings. The molecule has 8 aromatic carbocycles. The van der Waals surface area contributed by atoms with Crippen molar-refractivity contribution < 1.29 is 0 Å². The fourth-order valence-electron chi connectivity index (χ4n) is 7.64. The van der Waals surface area contributed by atoms with Crippen LogP contribution >= 0.6 is 0 Å². The molecule has 0 fully saturated rings. The van der Waals surface area contributed by atoms with Crippen LogP contribution in [0.3, 0.4) is 0 Å². The first-order valence-corrected chi connectivity index (χ1v) is 18.9. The van der Waals surface area contributed by atoms with Crippen LogP contribution in [0, 0.1) is 0 Å². The number of nitrogens with zero attached hydrogens (tertiary/aromatic N) is 3. The molecule has 0 N–H and O–H groups in total. The van der Waals surface area contributed by atoms with E-state index in [0.717, 1.165) is 61.5 Å². The maximum Gasteiger partial charge on any atom is 0.160 e. The Balaban J connectivity index is 1.09. The number of hydrogen-bond donors (Lipinski definition) is 0. The normalized spacial score (nSPS) is 11.2. The van der Waals surface area contributed by atoms with Crippen LogP contribution in [-0.2, 0) is 0 Å². The molecular weight excluding hydrogens is 679 g/mol. The van der Waals surface area contributed by atoms with E-state index in [-0.39, 0.29) is 0 Å². The molecule has 3 nitrogen and oxygen atoms in total. The monoisotopic (exact) mass is 713 g/mol. The first-order chi connectivity index (χ1) is 27.7. The Kier molecular flexibility index (Phi) is 8.51. The van der Waals surface area contributed by atoms with Crippen LogP contribution in [0.15, 0.2) is 212 Å². The summed E-state index contributed by atoms with van der Waals surface area (Å²) in [6.07, 6.45) is 0. The molecule has 3 heteroatoms. The van der Waals surface area contributed by atoms with Gasteiger partial charge in [0, 0.05) is 27.6 Å². The van der Waals surface area contributed by atoms with Gasteiger partial charge in [0.25, 0.3) is 0 Å². The molecule has 0 aliphatic carbocycles.